The van der Waals surface area contributed by atoms with E-state index in [2.05, 4.69) is 22.3 Å². The summed E-state index contributed by atoms with van der Waals surface area (Å²) in [5.41, 5.74) is 0.989. The van der Waals surface area contributed by atoms with Crippen molar-refractivity contribution >= 4 is 11.9 Å². The first-order valence-corrected chi connectivity index (χ1v) is 4.93. The van der Waals surface area contributed by atoms with Crippen LogP contribution in [0, 0.1) is 18.8 Å². The molecule has 1 rings (SSSR count). The molecule has 0 saturated carbocycles. The van der Waals surface area contributed by atoms with Gasteiger partial charge in [0, 0.05) is 14.0 Å². The van der Waals surface area contributed by atoms with Gasteiger partial charge in [0.2, 0.25) is 5.91 Å². The van der Waals surface area contributed by atoms with Crippen LogP contribution in [0.3, 0.4) is 0 Å². The molecular formula is C11H13N3O3. The number of hydrogen-bond acceptors (Lipinski definition) is 3. The van der Waals surface area contributed by atoms with Crippen LogP contribution in [0.5, 0.6) is 0 Å². The lowest BCUT2D eigenvalue weighted by Gasteiger charge is -1.95. The van der Waals surface area contributed by atoms with E-state index in [-0.39, 0.29) is 18.1 Å². The Kier molecular flexibility index (Phi) is 3.88. The van der Waals surface area contributed by atoms with E-state index in [1.807, 2.05) is 0 Å². The van der Waals surface area contributed by atoms with E-state index in [1.54, 1.807) is 14.0 Å². The second kappa shape index (κ2) is 5.16. The predicted molar refractivity (Wildman–Crippen MR) is 60.5 cm³/mol. The quantitative estimate of drug-likeness (QED) is 0.702. The first kappa shape index (κ1) is 12.8. The molecule has 0 atom stereocenters. The maximum absolute atomic E-state index is 11.0. The average molecular weight is 235 g/mol. The maximum Gasteiger partial charge on any atom is 0.355 e. The minimum absolute atomic E-state index is 0.0535. The number of amides is 1. The van der Waals surface area contributed by atoms with Gasteiger partial charge >= 0.3 is 5.97 Å². The van der Waals surface area contributed by atoms with E-state index in [0.29, 0.717) is 11.3 Å². The SMILES string of the molecule is CC(=O)NCC#Cc1c(C)nn(C)c1C(=O)O. The molecule has 0 aliphatic heterocycles. The fourth-order valence-corrected chi connectivity index (χ4v) is 1.35. The zero-order valence-electron chi connectivity index (χ0n) is 9.87. The second-order valence-electron chi connectivity index (χ2n) is 3.45. The molecule has 1 heterocycles. The zero-order chi connectivity index (χ0) is 13.0. The Balaban J connectivity index is 2.97. The van der Waals surface area contributed by atoms with E-state index in [0.717, 1.165) is 0 Å². The van der Waals surface area contributed by atoms with Crippen molar-refractivity contribution in [3.63, 3.8) is 0 Å². The van der Waals surface area contributed by atoms with Gasteiger partial charge in [-0.05, 0) is 6.92 Å². The molecule has 6 heteroatoms. The summed E-state index contributed by atoms with van der Waals surface area (Å²) in [4.78, 5) is 21.6. The van der Waals surface area contributed by atoms with Gasteiger partial charge in [-0.25, -0.2) is 4.79 Å². The first-order chi connectivity index (χ1) is 7.93. The number of aryl methyl sites for hydroxylation is 2. The fraction of sp³-hybridized carbons (Fsp3) is 0.364. The van der Waals surface area contributed by atoms with Crippen LogP contribution >= 0.6 is 0 Å². The molecule has 0 unspecified atom stereocenters. The van der Waals surface area contributed by atoms with Gasteiger partial charge in [-0.3, -0.25) is 9.48 Å². The fourth-order valence-electron chi connectivity index (χ4n) is 1.35. The Hall–Kier alpha value is -2.29. The summed E-state index contributed by atoms with van der Waals surface area (Å²) in [5.74, 6) is 4.14. The van der Waals surface area contributed by atoms with Crippen LogP contribution in [0.25, 0.3) is 0 Å². The van der Waals surface area contributed by atoms with Crippen LogP contribution in [-0.2, 0) is 11.8 Å². The first-order valence-electron chi connectivity index (χ1n) is 4.93. The lowest BCUT2D eigenvalue weighted by Crippen LogP contribution is -2.19. The summed E-state index contributed by atoms with van der Waals surface area (Å²) in [5, 5.41) is 15.5. The van der Waals surface area contributed by atoms with Crippen molar-refractivity contribution in [2.45, 2.75) is 13.8 Å². The monoisotopic (exact) mass is 235 g/mol. The van der Waals surface area contributed by atoms with Gasteiger partial charge < -0.3 is 10.4 Å². The third kappa shape index (κ3) is 3.08. The van der Waals surface area contributed by atoms with Crippen molar-refractivity contribution in [1.29, 1.82) is 0 Å². The Labute approximate surface area is 98.6 Å². The Morgan fingerprint density at radius 1 is 1.53 bits per heavy atom. The van der Waals surface area contributed by atoms with E-state index in [4.69, 9.17) is 5.11 Å². The summed E-state index contributed by atoms with van der Waals surface area (Å²) in [6.07, 6.45) is 0. The lowest BCUT2D eigenvalue weighted by molar-refractivity contribution is -0.118. The number of carbonyl (C=O) groups excluding carboxylic acids is 1. The smallest absolute Gasteiger partial charge is 0.355 e. The number of carbonyl (C=O) groups is 2. The molecule has 17 heavy (non-hydrogen) atoms. The van der Waals surface area contributed by atoms with Gasteiger partial charge in [0.15, 0.2) is 5.69 Å². The molecule has 0 aliphatic carbocycles. The normalized spacial score (nSPS) is 9.35. The molecular weight excluding hydrogens is 222 g/mol. The number of carboxylic acid groups (broad SMARTS) is 1. The Morgan fingerprint density at radius 2 is 2.18 bits per heavy atom. The largest absolute Gasteiger partial charge is 0.476 e. The van der Waals surface area contributed by atoms with Gasteiger partial charge in [0.25, 0.3) is 0 Å². The van der Waals surface area contributed by atoms with Crippen molar-refractivity contribution < 1.29 is 14.7 Å². The van der Waals surface area contributed by atoms with Crippen molar-refractivity contribution in [1.82, 2.24) is 15.1 Å². The van der Waals surface area contributed by atoms with Gasteiger partial charge in [-0.2, -0.15) is 5.10 Å². The summed E-state index contributed by atoms with van der Waals surface area (Å²) in [6.45, 7) is 3.26. The Morgan fingerprint density at radius 3 is 2.71 bits per heavy atom. The van der Waals surface area contributed by atoms with Crippen molar-refractivity contribution in [3.8, 4) is 11.8 Å². The molecule has 0 bridgehead atoms. The van der Waals surface area contributed by atoms with Crippen LogP contribution in [0.4, 0.5) is 0 Å². The average Bonchev–Trinajstić information content (AvgIpc) is 2.48. The third-order valence-electron chi connectivity index (χ3n) is 2.06. The van der Waals surface area contributed by atoms with Crippen molar-refractivity contribution in [3.05, 3.63) is 17.0 Å². The van der Waals surface area contributed by atoms with Crippen LogP contribution < -0.4 is 5.32 Å². The van der Waals surface area contributed by atoms with Crippen LogP contribution in [0.2, 0.25) is 0 Å². The molecule has 0 aromatic carbocycles. The topological polar surface area (TPSA) is 84.2 Å². The molecule has 0 fully saturated rings. The summed E-state index contributed by atoms with van der Waals surface area (Å²) >= 11 is 0. The lowest BCUT2D eigenvalue weighted by atomic mass is 10.2. The number of hydrogen-bond donors (Lipinski definition) is 2. The number of rotatable bonds is 2. The van der Waals surface area contributed by atoms with Gasteiger partial charge in [-0.15, -0.1) is 0 Å². The minimum atomic E-state index is -1.07. The molecule has 1 amide bonds. The van der Waals surface area contributed by atoms with Gasteiger partial charge in [-0.1, -0.05) is 11.8 Å². The molecule has 90 valence electrons. The van der Waals surface area contributed by atoms with E-state index in [1.165, 1.54) is 11.6 Å². The standard InChI is InChI=1S/C11H13N3O3/c1-7-9(5-4-6-12-8(2)15)10(11(16)17)14(3)13-7/h6H2,1-3H3,(H,12,15)(H,16,17). The number of aromatic carboxylic acids is 1. The highest BCUT2D eigenvalue weighted by Crippen LogP contribution is 2.11. The van der Waals surface area contributed by atoms with Crippen LogP contribution in [0.15, 0.2) is 0 Å². The zero-order valence-corrected chi connectivity index (χ0v) is 9.87. The predicted octanol–water partition coefficient (Wildman–Crippen LogP) is -0.0857. The molecule has 1 aromatic heterocycles. The van der Waals surface area contributed by atoms with Crippen LogP contribution in [-0.4, -0.2) is 33.3 Å². The summed E-state index contributed by atoms with van der Waals surface area (Å²) < 4.78 is 1.28. The highest BCUT2D eigenvalue weighted by Gasteiger charge is 2.17. The van der Waals surface area contributed by atoms with E-state index >= 15 is 0 Å². The number of nitrogens with zero attached hydrogens (tertiary/aromatic N) is 2. The molecule has 0 spiro atoms. The molecule has 1 aromatic rings. The molecule has 6 nitrogen and oxygen atoms in total. The van der Waals surface area contributed by atoms with Crippen molar-refractivity contribution in [2.24, 2.45) is 7.05 Å². The number of aromatic nitrogens is 2. The van der Waals surface area contributed by atoms with Crippen molar-refractivity contribution in [2.75, 3.05) is 6.54 Å². The molecule has 0 saturated heterocycles. The number of nitrogens with one attached hydrogen (secondary N) is 1. The maximum atomic E-state index is 11.0. The molecule has 0 radical (unpaired) electrons. The van der Waals surface area contributed by atoms with E-state index in [9.17, 15) is 9.59 Å². The minimum Gasteiger partial charge on any atom is -0.476 e. The van der Waals surface area contributed by atoms with Crippen LogP contribution in [0.1, 0.15) is 28.7 Å². The van der Waals surface area contributed by atoms with E-state index < -0.39 is 5.97 Å². The Bertz CT molecular complexity index is 520. The molecule has 0 aliphatic rings. The third-order valence-corrected chi connectivity index (χ3v) is 2.06. The summed E-state index contributed by atoms with van der Waals surface area (Å²) in [6, 6.07) is 0. The highest BCUT2D eigenvalue weighted by atomic mass is 16.4. The highest BCUT2D eigenvalue weighted by molar-refractivity contribution is 5.89. The van der Waals surface area contributed by atoms with Gasteiger partial charge in [0.1, 0.15) is 0 Å². The summed E-state index contributed by atoms with van der Waals surface area (Å²) in [7, 11) is 1.55. The van der Waals surface area contributed by atoms with Gasteiger partial charge in [0.05, 0.1) is 17.8 Å². The number of carboxylic acids is 1. The second-order valence-corrected chi connectivity index (χ2v) is 3.45. The molecule has 2 N–H and O–H groups in total.